The predicted octanol–water partition coefficient (Wildman–Crippen LogP) is 3.80. The number of hydrazine groups is 1. The van der Waals surface area contributed by atoms with E-state index in [1.165, 1.54) is 19.3 Å². The van der Waals surface area contributed by atoms with Crippen LogP contribution in [0, 0.1) is 11.3 Å². The van der Waals surface area contributed by atoms with Crippen LogP contribution >= 0.6 is 15.9 Å². The van der Waals surface area contributed by atoms with Crippen molar-refractivity contribution in [2.24, 2.45) is 17.2 Å². The van der Waals surface area contributed by atoms with Crippen molar-refractivity contribution < 1.29 is 9.47 Å². The predicted molar refractivity (Wildman–Crippen MR) is 88.4 cm³/mol. The van der Waals surface area contributed by atoms with Crippen molar-refractivity contribution in [1.82, 2.24) is 5.43 Å². The van der Waals surface area contributed by atoms with Crippen molar-refractivity contribution in [2.45, 2.75) is 39.2 Å². The van der Waals surface area contributed by atoms with Gasteiger partial charge < -0.3 is 9.47 Å². The molecule has 2 atom stereocenters. The molecule has 0 saturated heterocycles. The molecule has 1 aromatic rings. The smallest absolute Gasteiger partial charge is 0.141 e. The van der Waals surface area contributed by atoms with Crippen molar-refractivity contribution in [3.05, 3.63) is 22.2 Å². The minimum absolute atomic E-state index is 0.0691. The van der Waals surface area contributed by atoms with Crippen LogP contribution < -0.4 is 20.7 Å². The second-order valence-electron chi connectivity index (χ2n) is 6.34. The second kappa shape index (κ2) is 6.55. The molecule has 1 fully saturated rings. The van der Waals surface area contributed by atoms with Gasteiger partial charge in [-0.3, -0.25) is 11.3 Å². The van der Waals surface area contributed by atoms with Crippen LogP contribution in [0.2, 0.25) is 0 Å². The molecule has 2 unspecified atom stereocenters. The fraction of sp³-hybridized carbons (Fsp3) is 0.625. The van der Waals surface area contributed by atoms with E-state index in [-0.39, 0.29) is 11.5 Å². The number of nitrogens with one attached hydrogen (secondary N) is 1. The summed E-state index contributed by atoms with van der Waals surface area (Å²) in [6.07, 6.45) is 3.65. The van der Waals surface area contributed by atoms with Crippen molar-refractivity contribution in [1.29, 1.82) is 0 Å². The van der Waals surface area contributed by atoms with Gasteiger partial charge in [-0.1, -0.05) is 20.3 Å². The van der Waals surface area contributed by atoms with Gasteiger partial charge in [-0.25, -0.2) is 0 Å². The molecule has 1 aromatic carbocycles. The molecule has 5 heteroatoms. The topological polar surface area (TPSA) is 56.5 Å². The average Bonchev–Trinajstić information content (AvgIpc) is 2.80. The lowest BCUT2D eigenvalue weighted by Gasteiger charge is -2.35. The van der Waals surface area contributed by atoms with E-state index in [2.05, 4.69) is 35.2 Å². The van der Waals surface area contributed by atoms with Crippen LogP contribution in [0.3, 0.4) is 0 Å². The molecule has 0 spiro atoms. The van der Waals surface area contributed by atoms with E-state index in [0.29, 0.717) is 5.92 Å². The number of rotatable bonds is 5. The zero-order valence-electron chi connectivity index (χ0n) is 13.2. The first-order valence-electron chi connectivity index (χ1n) is 7.32. The molecule has 0 heterocycles. The third kappa shape index (κ3) is 3.05. The Bertz CT molecular complexity index is 505. The van der Waals surface area contributed by atoms with Crippen LogP contribution in [0.5, 0.6) is 11.5 Å². The Hall–Kier alpha value is -0.780. The molecule has 0 aliphatic heterocycles. The van der Waals surface area contributed by atoms with Crippen LogP contribution in [0.1, 0.15) is 44.7 Å². The summed E-state index contributed by atoms with van der Waals surface area (Å²) in [4.78, 5) is 0. The fourth-order valence-corrected chi connectivity index (χ4v) is 4.24. The molecule has 118 valence electrons. The van der Waals surface area contributed by atoms with E-state index in [9.17, 15) is 0 Å². The Kier molecular flexibility index (Phi) is 5.17. The molecule has 2 rings (SSSR count). The summed E-state index contributed by atoms with van der Waals surface area (Å²) in [5, 5.41) is 0. The molecular formula is C16H25BrN2O2. The highest BCUT2D eigenvalue weighted by atomic mass is 79.9. The lowest BCUT2D eigenvalue weighted by molar-refractivity contribution is 0.195. The van der Waals surface area contributed by atoms with E-state index in [0.717, 1.165) is 21.5 Å². The Morgan fingerprint density at radius 1 is 1.33 bits per heavy atom. The highest BCUT2D eigenvalue weighted by Crippen LogP contribution is 2.51. The molecule has 21 heavy (non-hydrogen) atoms. The summed E-state index contributed by atoms with van der Waals surface area (Å²) in [5.74, 6) is 7.93. The first kappa shape index (κ1) is 16.6. The molecule has 3 N–H and O–H groups in total. The van der Waals surface area contributed by atoms with Crippen molar-refractivity contribution in [2.75, 3.05) is 14.2 Å². The van der Waals surface area contributed by atoms with E-state index in [1.807, 2.05) is 12.1 Å². The molecule has 1 aliphatic rings. The van der Waals surface area contributed by atoms with E-state index in [4.69, 9.17) is 15.3 Å². The molecule has 0 amide bonds. The Morgan fingerprint density at radius 3 is 2.52 bits per heavy atom. The summed E-state index contributed by atoms with van der Waals surface area (Å²) in [6.45, 7) is 4.64. The summed E-state index contributed by atoms with van der Waals surface area (Å²) in [5.41, 5.74) is 4.36. The number of nitrogens with two attached hydrogens (primary N) is 1. The normalized spacial score (nSPS) is 22.1. The van der Waals surface area contributed by atoms with Crippen molar-refractivity contribution in [3.8, 4) is 11.5 Å². The Morgan fingerprint density at radius 2 is 2.05 bits per heavy atom. The quantitative estimate of drug-likeness (QED) is 0.622. The number of hydrogen-bond donors (Lipinski definition) is 2. The van der Waals surface area contributed by atoms with Gasteiger partial charge in [0.25, 0.3) is 0 Å². The van der Waals surface area contributed by atoms with Gasteiger partial charge in [0.05, 0.1) is 20.3 Å². The molecule has 0 aromatic heterocycles. The fourth-order valence-electron chi connectivity index (χ4n) is 3.56. The molecule has 1 aliphatic carbocycles. The SMILES string of the molecule is COc1ccc(C(NN)C2CCCC2(C)C)c(OC)c1Br. The average molecular weight is 357 g/mol. The van der Waals surface area contributed by atoms with E-state index >= 15 is 0 Å². The lowest BCUT2D eigenvalue weighted by atomic mass is 9.75. The van der Waals surface area contributed by atoms with Crippen LogP contribution in [0.15, 0.2) is 16.6 Å². The minimum atomic E-state index is 0.0691. The van der Waals surface area contributed by atoms with Gasteiger partial charge >= 0.3 is 0 Å². The third-order valence-corrected chi connectivity index (χ3v) is 5.52. The maximum Gasteiger partial charge on any atom is 0.141 e. The van der Waals surface area contributed by atoms with Crippen LogP contribution in [-0.2, 0) is 0 Å². The minimum Gasteiger partial charge on any atom is -0.495 e. The monoisotopic (exact) mass is 356 g/mol. The summed E-state index contributed by atoms with van der Waals surface area (Å²) >= 11 is 3.57. The van der Waals surface area contributed by atoms with Crippen LogP contribution in [0.25, 0.3) is 0 Å². The lowest BCUT2D eigenvalue weighted by Crippen LogP contribution is -2.38. The molecule has 0 radical (unpaired) electrons. The van der Waals surface area contributed by atoms with Gasteiger partial charge in [0.2, 0.25) is 0 Å². The van der Waals surface area contributed by atoms with Crippen molar-refractivity contribution >= 4 is 15.9 Å². The maximum absolute atomic E-state index is 5.90. The van der Waals surface area contributed by atoms with Crippen molar-refractivity contribution in [3.63, 3.8) is 0 Å². The highest BCUT2D eigenvalue weighted by molar-refractivity contribution is 9.10. The molecule has 4 nitrogen and oxygen atoms in total. The van der Waals surface area contributed by atoms with E-state index < -0.39 is 0 Å². The highest BCUT2D eigenvalue weighted by Gasteiger charge is 2.41. The first-order valence-corrected chi connectivity index (χ1v) is 8.12. The summed E-state index contributed by atoms with van der Waals surface area (Å²) in [6, 6.07) is 4.06. The number of ether oxygens (including phenoxy) is 2. The van der Waals surface area contributed by atoms with Gasteiger partial charge in [-0.05, 0) is 52.2 Å². The van der Waals surface area contributed by atoms with Gasteiger partial charge in [0, 0.05) is 5.56 Å². The molecule has 1 saturated carbocycles. The molecule has 0 bridgehead atoms. The number of halogens is 1. The molecular weight excluding hydrogens is 332 g/mol. The third-order valence-electron chi connectivity index (χ3n) is 4.77. The summed E-state index contributed by atoms with van der Waals surface area (Å²) < 4.78 is 11.8. The zero-order valence-corrected chi connectivity index (χ0v) is 14.8. The van der Waals surface area contributed by atoms with E-state index in [1.54, 1.807) is 14.2 Å². The van der Waals surface area contributed by atoms with Crippen LogP contribution in [-0.4, -0.2) is 14.2 Å². The van der Waals surface area contributed by atoms with Crippen LogP contribution in [0.4, 0.5) is 0 Å². The first-order chi connectivity index (χ1) is 9.96. The zero-order chi connectivity index (χ0) is 15.6. The standard InChI is InChI=1S/C16H25BrN2O2/c1-16(2)9-5-6-11(16)14(19-18)10-7-8-12(20-3)13(17)15(10)21-4/h7-8,11,14,19H,5-6,9,18H2,1-4H3. The Labute approximate surface area is 135 Å². The number of hydrogen-bond acceptors (Lipinski definition) is 4. The number of benzene rings is 1. The van der Waals surface area contributed by atoms with Gasteiger partial charge in [0.15, 0.2) is 0 Å². The van der Waals surface area contributed by atoms with Gasteiger partial charge in [0.1, 0.15) is 16.0 Å². The van der Waals surface area contributed by atoms with Gasteiger partial charge in [-0.15, -0.1) is 0 Å². The largest absolute Gasteiger partial charge is 0.495 e. The van der Waals surface area contributed by atoms with Gasteiger partial charge in [-0.2, -0.15) is 0 Å². The Balaban J connectivity index is 2.45. The maximum atomic E-state index is 5.90. The number of methoxy groups -OCH3 is 2. The summed E-state index contributed by atoms with van der Waals surface area (Å²) in [7, 11) is 3.33. The second-order valence-corrected chi connectivity index (χ2v) is 7.13.